The molecule has 7 heteroatoms. The Hall–Kier alpha value is -1.60. The van der Waals surface area contributed by atoms with Crippen LogP contribution in [0.5, 0.6) is 5.75 Å². The Morgan fingerprint density at radius 3 is 2.46 bits per heavy atom. The lowest BCUT2D eigenvalue weighted by Crippen LogP contribution is -2.59. The van der Waals surface area contributed by atoms with E-state index in [9.17, 15) is 13.2 Å². The highest BCUT2D eigenvalue weighted by Crippen LogP contribution is 2.28. The summed E-state index contributed by atoms with van der Waals surface area (Å²) in [5, 5.41) is 0. The van der Waals surface area contributed by atoms with Crippen molar-refractivity contribution in [3.05, 3.63) is 29.8 Å². The topological polar surface area (TPSA) is 66.9 Å². The first kappa shape index (κ1) is 17.2. The highest BCUT2D eigenvalue weighted by molar-refractivity contribution is 7.91. The fourth-order valence-corrected chi connectivity index (χ4v) is 5.72. The molecule has 24 heavy (non-hydrogen) atoms. The van der Waals surface area contributed by atoms with Crippen LogP contribution in [0.2, 0.25) is 0 Å². The predicted molar refractivity (Wildman–Crippen MR) is 91.6 cm³/mol. The van der Waals surface area contributed by atoms with Gasteiger partial charge in [0.2, 0.25) is 5.91 Å². The number of carbonyl (C=O) groups excluding carboxylic acids is 1. The van der Waals surface area contributed by atoms with Crippen molar-refractivity contribution < 1.29 is 17.9 Å². The summed E-state index contributed by atoms with van der Waals surface area (Å²) in [5.74, 6) is 1.02. The highest BCUT2D eigenvalue weighted by Gasteiger charge is 2.47. The molecule has 1 aromatic carbocycles. The minimum atomic E-state index is -3.09. The first-order valence-corrected chi connectivity index (χ1v) is 10.1. The van der Waals surface area contributed by atoms with Crippen molar-refractivity contribution >= 4 is 15.7 Å². The molecule has 2 aliphatic rings. The normalized spacial score (nSPS) is 26.2. The average molecular weight is 352 g/mol. The van der Waals surface area contributed by atoms with Gasteiger partial charge in [-0.1, -0.05) is 12.1 Å². The molecule has 2 atom stereocenters. The Bertz CT molecular complexity index is 702. The van der Waals surface area contributed by atoms with Gasteiger partial charge in [0.25, 0.3) is 0 Å². The molecule has 132 valence electrons. The van der Waals surface area contributed by atoms with Gasteiger partial charge in [0.15, 0.2) is 9.84 Å². The van der Waals surface area contributed by atoms with Gasteiger partial charge in [-0.15, -0.1) is 0 Å². The molecule has 2 fully saturated rings. The number of carbonyl (C=O) groups is 1. The van der Waals surface area contributed by atoms with E-state index in [0.29, 0.717) is 26.2 Å². The molecule has 6 nitrogen and oxygen atoms in total. The summed E-state index contributed by atoms with van der Waals surface area (Å²) in [6.45, 7) is 6.07. The first-order valence-electron chi connectivity index (χ1n) is 8.33. The summed E-state index contributed by atoms with van der Waals surface area (Å²) < 4.78 is 29.6. The van der Waals surface area contributed by atoms with Crippen LogP contribution in [-0.4, -0.2) is 67.4 Å². The zero-order valence-corrected chi connectivity index (χ0v) is 15.0. The minimum absolute atomic E-state index is 0.0391. The van der Waals surface area contributed by atoms with Crippen molar-refractivity contribution in [3.8, 4) is 5.75 Å². The van der Waals surface area contributed by atoms with E-state index in [1.54, 1.807) is 4.90 Å². The Morgan fingerprint density at radius 2 is 1.83 bits per heavy atom. The monoisotopic (exact) mass is 352 g/mol. The quantitative estimate of drug-likeness (QED) is 0.806. The molecule has 2 aliphatic heterocycles. The number of hydrogen-bond acceptors (Lipinski definition) is 5. The summed E-state index contributed by atoms with van der Waals surface area (Å²) in [4.78, 5) is 15.7. The van der Waals surface area contributed by atoms with E-state index in [0.717, 1.165) is 11.3 Å². The lowest BCUT2D eigenvalue weighted by molar-refractivity contribution is -0.134. The summed E-state index contributed by atoms with van der Waals surface area (Å²) in [5.41, 5.74) is 1.12. The van der Waals surface area contributed by atoms with Crippen molar-refractivity contribution in [2.45, 2.75) is 32.5 Å². The third kappa shape index (κ3) is 3.57. The third-order valence-electron chi connectivity index (χ3n) is 4.82. The van der Waals surface area contributed by atoms with Crippen LogP contribution in [-0.2, 0) is 21.2 Å². The maximum absolute atomic E-state index is 12.1. The number of amides is 1. The summed E-state index contributed by atoms with van der Waals surface area (Å²) in [6.07, 6.45) is 0. The maximum atomic E-state index is 12.1. The number of piperazine rings is 1. The smallest absolute Gasteiger partial charge is 0.219 e. The molecule has 0 aliphatic carbocycles. The average Bonchev–Trinajstić information content (AvgIpc) is 2.84. The lowest BCUT2D eigenvalue weighted by Gasteiger charge is -2.43. The second-order valence-corrected chi connectivity index (χ2v) is 8.63. The van der Waals surface area contributed by atoms with Crippen LogP contribution in [0.3, 0.4) is 0 Å². The SMILES string of the molecule is CCOc1ccc(CN2CCN(C(C)=O)[C@H]3CS(=O)(=O)C[C@H]32)cc1. The lowest BCUT2D eigenvalue weighted by atomic mass is 10.0. The zero-order chi connectivity index (χ0) is 17.3. The Morgan fingerprint density at radius 1 is 1.17 bits per heavy atom. The van der Waals surface area contributed by atoms with E-state index in [2.05, 4.69) is 4.90 Å². The molecule has 1 aromatic rings. The fraction of sp³-hybridized carbons (Fsp3) is 0.588. The molecular weight excluding hydrogens is 328 g/mol. The number of nitrogens with zero attached hydrogens (tertiary/aromatic N) is 2. The molecule has 0 unspecified atom stereocenters. The number of hydrogen-bond donors (Lipinski definition) is 0. The summed E-state index contributed by atoms with van der Waals surface area (Å²) >= 11 is 0. The largest absolute Gasteiger partial charge is 0.494 e. The summed E-state index contributed by atoms with van der Waals surface area (Å²) in [7, 11) is -3.09. The van der Waals surface area contributed by atoms with E-state index in [1.165, 1.54) is 6.92 Å². The van der Waals surface area contributed by atoms with E-state index in [1.807, 2.05) is 31.2 Å². The fourth-order valence-electron chi connectivity index (χ4n) is 3.70. The van der Waals surface area contributed by atoms with Gasteiger partial charge in [0.05, 0.1) is 24.2 Å². The van der Waals surface area contributed by atoms with Crippen LogP contribution in [0.4, 0.5) is 0 Å². The maximum Gasteiger partial charge on any atom is 0.219 e. The number of rotatable bonds is 4. The van der Waals surface area contributed by atoms with Gasteiger partial charge in [-0.05, 0) is 24.6 Å². The van der Waals surface area contributed by atoms with Crippen molar-refractivity contribution in [2.24, 2.45) is 0 Å². The van der Waals surface area contributed by atoms with Crippen LogP contribution >= 0.6 is 0 Å². The molecule has 3 rings (SSSR count). The van der Waals surface area contributed by atoms with Gasteiger partial charge in [0.1, 0.15) is 5.75 Å². The van der Waals surface area contributed by atoms with Gasteiger partial charge in [-0.25, -0.2) is 8.42 Å². The third-order valence-corrected chi connectivity index (χ3v) is 6.51. The number of ether oxygens (including phenoxy) is 1. The van der Waals surface area contributed by atoms with Gasteiger partial charge in [-0.2, -0.15) is 0 Å². The van der Waals surface area contributed by atoms with Gasteiger partial charge in [-0.3, -0.25) is 9.69 Å². The van der Waals surface area contributed by atoms with Crippen molar-refractivity contribution in [3.63, 3.8) is 0 Å². The molecular formula is C17H24N2O4S. The van der Waals surface area contributed by atoms with Crippen molar-refractivity contribution in [1.82, 2.24) is 9.80 Å². The number of sulfone groups is 1. The Kier molecular flexibility index (Phi) is 4.83. The molecule has 2 saturated heterocycles. The Labute approximate surface area is 143 Å². The second-order valence-electron chi connectivity index (χ2n) is 6.47. The Balaban J connectivity index is 1.75. The van der Waals surface area contributed by atoms with E-state index in [-0.39, 0.29) is 29.5 Å². The number of fused-ring (bicyclic) bond motifs is 1. The van der Waals surface area contributed by atoms with Crippen LogP contribution in [0.1, 0.15) is 19.4 Å². The van der Waals surface area contributed by atoms with Crippen LogP contribution in [0.15, 0.2) is 24.3 Å². The van der Waals surface area contributed by atoms with Crippen molar-refractivity contribution in [2.75, 3.05) is 31.2 Å². The first-order chi connectivity index (χ1) is 11.4. The zero-order valence-electron chi connectivity index (χ0n) is 14.1. The van der Waals surface area contributed by atoms with Crippen LogP contribution in [0.25, 0.3) is 0 Å². The molecule has 0 radical (unpaired) electrons. The van der Waals surface area contributed by atoms with Crippen LogP contribution in [0, 0.1) is 0 Å². The second kappa shape index (κ2) is 6.72. The van der Waals surface area contributed by atoms with Gasteiger partial charge >= 0.3 is 0 Å². The molecule has 0 aromatic heterocycles. The highest BCUT2D eigenvalue weighted by atomic mass is 32.2. The molecule has 0 saturated carbocycles. The molecule has 1 amide bonds. The van der Waals surface area contributed by atoms with Crippen LogP contribution < -0.4 is 4.74 Å². The van der Waals surface area contributed by atoms with E-state index < -0.39 is 9.84 Å². The standard InChI is InChI=1S/C17H24N2O4S/c1-3-23-15-6-4-14(5-7-15)10-18-8-9-19(13(2)20)17-12-24(21,22)11-16(17)18/h4-7,16-17H,3,8-12H2,1-2H3/t16-,17+/m1/s1. The molecule has 0 spiro atoms. The predicted octanol–water partition coefficient (Wildman–Crippen LogP) is 0.915. The minimum Gasteiger partial charge on any atom is -0.494 e. The summed E-state index contributed by atoms with van der Waals surface area (Å²) in [6, 6.07) is 7.58. The molecule has 0 bridgehead atoms. The molecule has 0 N–H and O–H groups in total. The number of benzene rings is 1. The van der Waals surface area contributed by atoms with Gasteiger partial charge in [0, 0.05) is 32.6 Å². The van der Waals surface area contributed by atoms with E-state index >= 15 is 0 Å². The molecule has 2 heterocycles. The van der Waals surface area contributed by atoms with E-state index in [4.69, 9.17) is 4.74 Å². The van der Waals surface area contributed by atoms with Gasteiger partial charge < -0.3 is 9.64 Å². The van der Waals surface area contributed by atoms with Crippen molar-refractivity contribution in [1.29, 1.82) is 0 Å².